The molecule has 6 rings (SSSR count). The molecule has 1 atom stereocenters. The predicted octanol–water partition coefficient (Wildman–Crippen LogP) is 2.66. The summed E-state index contributed by atoms with van der Waals surface area (Å²) in [5.74, 6) is 2.55. The fourth-order valence-electron chi connectivity index (χ4n) is 4.33. The molecule has 1 N–H and O–H groups in total. The molecule has 1 unspecified atom stereocenters. The summed E-state index contributed by atoms with van der Waals surface area (Å²) < 4.78 is 21.5. The van der Waals surface area contributed by atoms with Crippen LogP contribution in [0.1, 0.15) is 29.7 Å². The molecule has 3 fully saturated rings. The van der Waals surface area contributed by atoms with E-state index in [4.69, 9.17) is 4.78 Å². The van der Waals surface area contributed by atoms with Crippen molar-refractivity contribution in [3.8, 4) is 0 Å². The summed E-state index contributed by atoms with van der Waals surface area (Å²) in [5, 5.41) is 4.44. The van der Waals surface area contributed by atoms with Gasteiger partial charge < -0.3 is 4.90 Å². The van der Waals surface area contributed by atoms with E-state index in [1.807, 2.05) is 23.6 Å². The largest absolute Gasteiger partial charge is 0.353 e. The maximum absolute atomic E-state index is 11.9. The summed E-state index contributed by atoms with van der Waals surface area (Å²) in [6.07, 6.45) is 6.27. The van der Waals surface area contributed by atoms with Gasteiger partial charge in [0.1, 0.15) is 12.1 Å². The topological polar surface area (TPSA) is 87.2 Å². The van der Waals surface area contributed by atoms with Gasteiger partial charge in [0.05, 0.1) is 9.73 Å². The third kappa shape index (κ3) is 2.70. The standard InChI is InChI=1S/C19H22N6OS/c1-12-17(9-13-3-5-16(6-4-13)27(2,20)26)18(24-10-14-7-15(24)8-14)25-19(23-12)21-11-22-25/h3-6,11,14-15,20H,7-10H2,1-2H3. The normalized spacial score (nSPS) is 23.4. The fraction of sp³-hybridized carbons (Fsp3) is 0.421. The number of rotatable bonds is 4. The average molecular weight is 382 g/mol. The number of nitrogens with zero attached hydrogens (tertiary/aromatic N) is 5. The first kappa shape index (κ1) is 16.7. The molecule has 7 nitrogen and oxygen atoms in total. The van der Waals surface area contributed by atoms with Gasteiger partial charge in [-0.05, 0) is 43.4 Å². The number of aryl methyl sites for hydroxylation is 1. The zero-order valence-electron chi connectivity index (χ0n) is 15.4. The molecule has 140 valence electrons. The van der Waals surface area contributed by atoms with Crippen molar-refractivity contribution >= 4 is 21.3 Å². The van der Waals surface area contributed by atoms with Crippen molar-refractivity contribution in [3.63, 3.8) is 0 Å². The third-order valence-corrected chi connectivity index (χ3v) is 7.01. The Bertz CT molecular complexity index is 1130. The number of nitrogens with one attached hydrogen (secondary N) is 1. The second-order valence-electron chi connectivity index (χ2n) is 7.78. The van der Waals surface area contributed by atoms with E-state index in [0.29, 0.717) is 16.7 Å². The average Bonchev–Trinajstić information content (AvgIpc) is 3.29. The van der Waals surface area contributed by atoms with E-state index < -0.39 is 9.73 Å². The van der Waals surface area contributed by atoms with E-state index in [1.165, 1.54) is 19.1 Å². The van der Waals surface area contributed by atoms with Gasteiger partial charge in [-0.25, -0.2) is 14.0 Å². The number of hydrogen-bond acceptors (Lipinski definition) is 6. The first-order valence-corrected chi connectivity index (χ1v) is 11.2. The van der Waals surface area contributed by atoms with Crippen LogP contribution in [-0.2, 0) is 16.1 Å². The lowest BCUT2D eigenvalue weighted by atomic mass is 9.86. The molecule has 2 saturated heterocycles. The second kappa shape index (κ2) is 5.76. The van der Waals surface area contributed by atoms with Crippen LogP contribution >= 0.6 is 0 Å². The highest BCUT2D eigenvalue weighted by molar-refractivity contribution is 7.91. The van der Waals surface area contributed by atoms with Crippen molar-refractivity contribution in [1.29, 1.82) is 4.78 Å². The van der Waals surface area contributed by atoms with E-state index >= 15 is 0 Å². The van der Waals surface area contributed by atoms with Gasteiger partial charge in [-0.1, -0.05) is 12.1 Å². The Morgan fingerprint density at radius 1 is 1.26 bits per heavy atom. The smallest absolute Gasteiger partial charge is 0.254 e. The Morgan fingerprint density at radius 3 is 2.63 bits per heavy atom. The number of aromatic nitrogens is 4. The summed E-state index contributed by atoms with van der Waals surface area (Å²) >= 11 is 0. The maximum atomic E-state index is 11.9. The highest BCUT2D eigenvalue weighted by atomic mass is 32.2. The Balaban J connectivity index is 1.59. The third-order valence-electron chi connectivity index (χ3n) is 5.84. The van der Waals surface area contributed by atoms with Crippen LogP contribution in [0.3, 0.4) is 0 Å². The first-order valence-electron chi connectivity index (χ1n) is 9.19. The minimum atomic E-state index is -2.69. The molecule has 8 heteroatoms. The quantitative estimate of drug-likeness (QED) is 0.749. The molecule has 0 spiro atoms. The van der Waals surface area contributed by atoms with Crippen molar-refractivity contribution in [1.82, 2.24) is 19.6 Å². The van der Waals surface area contributed by atoms with Gasteiger partial charge in [0.15, 0.2) is 0 Å². The summed E-state index contributed by atoms with van der Waals surface area (Å²) in [6, 6.07) is 8.12. The van der Waals surface area contributed by atoms with Crippen molar-refractivity contribution in [2.75, 3.05) is 17.7 Å². The number of hydrogen-bond donors (Lipinski definition) is 1. The van der Waals surface area contributed by atoms with Crippen molar-refractivity contribution in [3.05, 3.63) is 47.4 Å². The minimum Gasteiger partial charge on any atom is -0.353 e. The Kier molecular flexibility index (Phi) is 3.56. The minimum absolute atomic E-state index is 0.563. The molecule has 1 saturated carbocycles. The van der Waals surface area contributed by atoms with Gasteiger partial charge in [0.25, 0.3) is 5.78 Å². The van der Waals surface area contributed by atoms with Crippen molar-refractivity contribution < 1.29 is 4.21 Å². The molecule has 2 bridgehead atoms. The zero-order chi connectivity index (χ0) is 18.8. The predicted molar refractivity (Wildman–Crippen MR) is 104 cm³/mol. The van der Waals surface area contributed by atoms with Crippen molar-refractivity contribution in [2.45, 2.75) is 37.1 Å². The van der Waals surface area contributed by atoms with Crippen LogP contribution < -0.4 is 4.90 Å². The Hall–Kier alpha value is -2.48. The van der Waals surface area contributed by atoms with E-state index in [0.717, 1.165) is 41.5 Å². The summed E-state index contributed by atoms with van der Waals surface area (Å²) in [6.45, 7) is 3.11. The zero-order valence-corrected chi connectivity index (χ0v) is 16.2. The van der Waals surface area contributed by atoms with Crippen LogP contribution in [0.5, 0.6) is 0 Å². The lowest BCUT2D eigenvalue weighted by Crippen LogP contribution is -2.31. The van der Waals surface area contributed by atoms with Crippen molar-refractivity contribution in [2.24, 2.45) is 5.92 Å². The van der Waals surface area contributed by atoms with Crippen LogP contribution in [0.4, 0.5) is 5.82 Å². The van der Waals surface area contributed by atoms with Crippen LogP contribution in [-0.4, -0.2) is 42.6 Å². The molecular formula is C19H22N6OS. The van der Waals surface area contributed by atoms with E-state index in [-0.39, 0.29) is 0 Å². The van der Waals surface area contributed by atoms with Gasteiger partial charge in [-0.15, -0.1) is 0 Å². The fourth-order valence-corrected chi connectivity index (χ4v) is 4.99. The molecule has 1 aliphatic carbocycles. The SMILES string of the molecule is Cc1nc2ncnn2c(N2CC3CC2C3)c1Cc1ccc(S(C)(=N)=O)cc1. The Labute approximate surface area is 158 Å². The van der Waals surface area contributed by atoms with Gasteiger partial charge in [0, 0.05) is 41.4 Å². The number of benzene rings is 1. The molecule has 2 aromatic heterocycles. The summed E-state index contributed by atoms with van der Waals surface area (Å²) in [4.78, 5) is 12.0. The maximum Gasteiger partial charge on any atom is 0.254 e. The first-order chi connectivity index (χ1) is 12.9. The molecular weight excluding hydrogens is 360 g/mol. The highest BCUT2D eigenvalue weighted by Crippen LogP contribution is 2.44. The van der Waals surface area contributed by atoms with Gasteiger partial charge in [-0.2, -0.15) is 14.6 Å². The monoisotopic (exact) mass is 382 g/mol. The molecule has 0 amide bonds. The molecule has 1 aromatic carbocycles. The van der Waals surface area contributed by atoms with E-state index in [1.54, 1.807) is 18.5 Å². The van der Waals surface area contributed by atoms with Gasteiger partial charge >= 0.3 is 0 Å². The molecule has 0 radical (unpaired) electrons. The molecule has 3 aromatic rings. The van der Waals surface area contributed by atoms with Crippen LogP contribution in [0, 0.1) is 17.6 Å². The van der Waals surface area contributed by atoms with E-state index in [9.17, 15) is 4.21 Å². The summed E-state index contributed by atoms with van der Waals surface area (Å²) in [5.41, 5.74) is 3.24. The second-order valence-corrected chi connectivity index (χ2v) is 9.94. The molecule has 27 heavy (non-hydrogen) atoms. The molecule has 4 heterocycles. The van der Waals surface area contributed by atoms with E-state index in [2.05, 4.69) is 20.0 Å². The van der Waals surface area contributed by atoms with Crippen LogP contribution in [0.2, 0.25) is 0 Å². The summed E-state index contributed by atoms with van der Waals surface area (Å²) in [7, 11) is -2.69. The highest BCUT2D eigenvalue weighted by Gasteiger charge is 2.44. The number of fused-ring (bicyclic) bond motifs is 2. The van der Waals surface area contributed by atoms with Crippen LogP contribution in [0.15, 0.2) is 35.5 Å². The number of anilines is 1. The molecule has 3 aliphatic rings. The van der Waals surface area contributed by atoms with Gasteiger partial charge in [0.2, 0.25) is 0 Å². The Morgan fingerprint density at radius 2 is 2.00 bits per heavy atom. The lowest BCUT2D eigenvalue weighted by molar-refractivity contribution is 0.380. The van der Waals surface area contributed by atoms with Gasteiger partial charge in [-0.3, -0.25) is 0 Å². The molecule has 2 aliphatic heterocycles. The lowest BCUT2D eigenvalue weighted by Gasteiger charge is -2.29. The van der Waals surface area contributed by atoms with Crippen LogP contribution in [0.25, 0.3) is 5.78 Å².